The third-order valence-corrected chi connectivity index (χ3v) is 3.53. The number of halogens is 1. The third-order valence-electron chi connectivity index (χ3n) is 2.87. The van der Waals surface area contributed by atoms with Crippen molar-refractivity contribution < 1.29 is 5.11 Å². The second kappa shape index (κ2) is 4.55. The summed E-state index contributed by atoms with van der Waals surface area (Å²) in [6.07, 6.45) is 3.60. The molecular formula is C13H11BrN4O. The molecule has 6 heteroatoms. The molecule has 96 valence electrons. The molecule has 0 aliphatic carbocycles. The van der Waals surface area contributed by atoms with E-state index in [1.165, 1.54) is 0 Å². The zero-order chi connectivity index (χ0) is 13.4. The highest BCUT2D eigenvalue weighted by molar-refractivity contribution is 9.10. The Morgan fingerprint density at radius 3 is 3.00 bits per heavy atom. The van der Waals surface area contributed by atoms with E-state index in [9.17, 15) is 5.11 Å². The van der Waals surface area contributed by atoms with Gasteiger partial charge in [0.25, 0.3) is 0 Å². The fourth-order valence-electron chi connectivity index (χ4n) is 1.97. The van der Waals surface area contributed by atoms with Crippen LogP contribution in [0.2, 0.25) is 0 Å². The number of allylic oxidation sites excluding steroid dienone is 1. The summed E-state index contributed by atoms with van der Waals surface area (Å²) in [6, 6.07) is 5.85. The van der Waals surface area contributed by atoms with Crippen molar-refractivity contribution in [3.63, 3.8) is 0 Å². The number of fused-ring (bicyclic) bond motifs is 1. The lowest BCUT2D eigenvalue weighted by Gasteiger charge is -2.02. The fraction of sp³-hybridized carbons (Fsp3) is 0.0769. The monoisotopic (exact) mass is 318 g/mol. The molecule has 0 spiro atoms. The van der Waals surface area contributed by atoms with Gasteiger partial charge in [-0.1, -0.05) is 22.0 Å². The topological polar surface area (TPSA) is 73.3 Å². The number of hydrogen-bond donors (Lipinski definition) is 3. The first-order valence-corrected chi connectivity index (χ1v) is 6.49. The van der Waals surface area contributed by atoms with Gasteiger partial charge in [-0.25, -0.2) is 0 Å². The number of anilines is 1. The largest absolute Gasteiger partial charge is 0.492 e. The van der Waals surface area contributed by atoms with Gasteiger partial charge < -0.3 is 15.4 Å². The van der Waals surface area contributed by atoms with E-state index in [0.717, 1.165) is 21.3 Å². The van der Waals surface area contributed by atoms with E-state index in [4.69, 9.17) is 0 Å². The standard InChI is InChI=1S/C13H11BrN4O/c1-15-13-17-10(12(19)18-13)5-7-6-16-9-4-2-3-8(14)11(7)9/h2-6,19H,1H3,(H2,15,17,18)/b7-5+. The summed E-state index contributed by atoms with van der Waals surface area (Å²) in [5.41, 5.74) is 3.40. The number of imidazole rings is 1. The number of aromatic nitrogens is 2. The normalized spacial score (nSPS) is 14.9. The summed E-state index contributed by atoms with van der Waals surface area (Å²) in [7, 11) is 1.73. The van der Waals surface area contributed by atoms with Gasteiger partial charge in [-0.15, -0.1) is 0 Å². The number of aliphatic imine (C=N–C) groups is 1. The van der Waals surface area contributed by atoms with Crippen LogP contribution in [0.4, 0.5) is 11.6 Å². The predicted octanol–water partition coefficient (Wildman–Crippen LogP) is 3.18. The summed E-state index contributed by atoms with van der Waals surface area (Å²) >= 11 is 3.52. The van der Waals surface area contributed by atoms with Crippen LogP contribution in [-0.2, 0) is 0 Å². The molecule has 1 aliphatic heterocycles. The maximum absolute atomic E-state index is 9.76. The Hall–Kier alpha value is -2.08. The molecule has 1 aliphatic rings. The molecule has 0 radical (unpaired) electrons. The molecule has 0 bridgehead atoms. The summed E-state index contributed by atoms with van der Waals surface area (Å²) in [5.74, 6) is 0.484. The molecule has 0 atom stereocenters. The molecule has 1 aromatic carbocycles. The second-order valence-electron chi connectivity index (χ2n) is 4.06. The van der Waals surface area contributed by atoms with E-state index >= 15 is 0 Å². The first-order valence-electron chi connectivity index (χ1n) is 5.70. The van der Waals surface area contributed by atoms with Gasteiger partial charge in [0.2, 0.25) is 11.8 Å². The minimum absolute atomic E-state index is 0.0363. The SMILES string of the molecule is CNc1nc(O)c(/C=C2\C=Nc3cccc(Br)c32)[nH]1. The van der Waals surface area contributed by atoms with Crippen molar-refractivity contribution in [2.24, 2.45) is 4.99 Å². The Morgan fingerprint density at radius 1 is 1.42 bits per heavy atom. The van der Waals surface area contributed by atoms with Gasteiger partial charge in [0.1, 0.15) is 5.69 Å². The molecule has 1 aromatic heterocycles. The molecule has 0 saturated carbocycles. The van der Waals surface area contributed by atoms with Crippen molar-refractivity contribution in [2.75, 3.05) is 12.4 Å². The molecule has 19 heavy (non-hydrogen) atoms. The number of hydrogen-bond acceptors (Lipinski definition) is 4. The third kappa shape index (κ3) is 2.04. The molecule has 5 nitrogen and oxygen atoms in total. The number of aromatic amines is 1. The highest BCUT2D eigenvalue weighted by Gasteiger charge is 2.16. The van der Waals surface area contributed by atoms with Crippen molar-refractivity contribution in [3.05, 3.63) is 33.9 Å². The van der Waals surface area contributed by atoms with Crippen LogP contribution in [-0.4, -0.2) is 28.3 Å². The zero-order valence-electron chi connectivity index (χ0n) is 10.1. The van der Waals surface area contributed by atoms with Gasteiger partial charge in [0.05, 0.1) is 5.69 Å². The predicted molar refractivity (Wildman–Crippen MR) is 80.0 cm³/mol. The molecule has 2 heterocycles. The van der Waals surface area contributed by atoms with E-state index in [1.807, 2.05) is 24.3 Å². The number of nitrogens with one attached hydrogen (secondary N) is 2. The minimum atomic E-state index is -0.0363. The Balaban J connectivity index is 2.08. The summed E-state index contributed by atoms with van der Waals surface area (Å²) < 4.78 is 0.974. The van der Waals surface area contributed by atoms with Crippen LogP contribution < -0.4 is 5.32 Å². The van der Waals surface area contributed by atoms with Crippen molar-refractivity contribution in [1.82, 2.24) is 9.97 Å². The van der Waals surface area contributed by atoms with Gasteiger partial charge >= 0.3 is 0 Å². The average Bonchev–Trinajstić information content (AvgIpc) is 2.96. The maximum atomic E-state index is 9.76. The van der Waals surface area contributed by atoms with Crippen LogP contribution in [0.3, 0.4) is 0 Å². The lowest BCUT2D eigenvalue weighted by molar-refractivity contribution is 0.455. The van der Waals surface area contributed by atoms with E-state index in [2.05, 4.69) is 36.2 Å². The van der Waals surface area contributed by atoms with E-state index in [-0.39, 0.29) is 5.88 Å². The van der Waals surface area contributed by atoms with E-state index < -0.39 is 0 Å². The van der Waals surface area contributed by atoms with Crippen LogP contribution in [0.1, 0.15) is 11.3 Å². The molecule has 3 N–H and O–H groups in total. The van der Waals surface area contributed by atoms with Gasteiger partial charge in [-0.05, 0) is 18.2 Å². The molecular weight excluding hydrogens is 308 g/mol. The molecule has 2 aromatic rings. The van der Waals surface area contributed by atoms with Crippen molar-refractivity contribution in [1.29, 1.82) is 0 Å². The Bertz CT molecular complexity index is 703. The fourth-order valence-corrected chi connectivity index (χ4v) is 2.56. The number of nitrogens with zero attached hydrogens (tertiary/aromatic N) is 2. The van der Waals surface area contributed by atoms with Crippen LogP contribution in [0, 0.1) is 0 Å². The summed E-state index contributed by atoms with van der Waals surface area (Å²) in [5, 5.41) is 12.6. The quantitative estimate of drug-likeness (QED) is 0.796. The Labute approximate surface area is 118 Å². The van der Waals surface area contributed by atoms with Gasteiger partial charge in [-0.3, -0.25) is 4.99 Å². The summed E-state index contributed by atoms with van der Waals surface area (Å²) in [6.45, 7) is 0. The van der Waals surface area contributed by atoms with E-state index in [0.29, 0.717) is 11.6 Å². The van der Waals surface area contributed by atoms with Gasteiger partial charge in [0.15, 0.2) is 0 Å². The first kappa shape index (κ1) is 12.0. The lowest BCUT2D eigenvalue weighted by Crippen LogP contribution is -1.89. The number of H-pyrrole nitrogens is 1. The Kier molecular flexibility index (Phi) is 2.87. The number of rotatable bonds is 2. The highest BCUT2D eigenvalue weighted by atomic mass is 79.9. The van der Waals surface area contributed by atoms with Crippen molar-refractivity contribution >= 4 is 45.4 Å². The van der Waals surface area contributed by atoms with E-state index in [1.54, 1.807) is 13.3 Å². The van der Waals surface area contributed by atoms with Crippen LogP contribution in [0.15, 0.2) is 27.7 Å². The molecule has 0 fully saturated rings. The van der Waals surface area contributed by atoms with Gasteiger partial charge in [-0.2, -0.15) is 4.98 Å². The number of benzene rings is 1. The van der Waals surface area contributed by atoms with Crippen molar-refractivity contribution in [3.8, 4) is 5.88 Å². The maximum Gasteiger partial charge on any atom is 0.238 e. The number of aromatic hydroxyl groups is 1. The van der Waals surface area contributed by atoms with Crippen LogP contribution in [0.5, 0.6) is 5.88 Å². The smallest absolute Gasteiger partial charge is 0.238 e. The Morgan fingerprint density at radius 2 is 2.26 bits per heavy atom. The first-order chi connectivity index (χ1) is 9.19. The van der Waals surface area contributed by atoms with Gasteiger partial charge in [0, 0.05) is 28.9 Å². The average molecular weight is 319 g/mol. The molecule has 0 unspecified atom stereocenters. The lowest BCUT2D eigenvalue weighted by atomic mass is 10.1. The minimum Gasteiger partial charge on any atom is -0.492 e. The molecule has 0 saturated heterocycles. The second-order valence-corrected chi connectivity index (χ2v) is 4.92. The molecule has 3 rings (SSSR count). The van der Waals surface area contributed by atoms with Crippen LogP contribution in [0.25, 0.3) is 11.6 Å². The van der Waals surface area contributed by atoms with Crippen LogP contribution >= 0.6 is 15.9 Å². The zero-order valence-corrected chi connectivity index (χ0v) is 11.7. The van der Waals surface area contributed by atoms with Crippen molar-refractivity contribution in [2.45, 2.75) is 0 Å². The summed E-state index contributed by atoms with van der Waals surface area (Å²) in [4.78, 5) is 11.3. The molecule has 0 amide bonds. The highest BCUT2D eigenvalue weighted by Crippen LogP contribution is 2.38.